The lowest BCUT2D eigenvalue weighted by atomic mass is 9.95. The van der Waals surface area contributed by atoms with Crippen LogP contribution in [0.4, 0.5) is 0 Å². The van der Waals surface area contributed by atoms with Gasteiger partial charge in [0.15, 0.2) is 5.76 Å². The zero-order chi connectivity index (χ0) is 23.8. The van der Waals surface area contributed by atoms with E-state index in [1.165, 1.54) is 11.3 Å². The van der Waals surface area contributed by atoms with Crippen molar-refractivity contribution in [2.45, 2.75) is 46.1 Å². The molecule has 33 heavy (non-hydrogen) atoms. The van der Waals surface area contributed by atoms with Crippen molar-refractivity contribution >= 4 is 23.0 Å². The highest BCUT2D eigenvalue weighted by atomic mass is 32.1. The highest BCUT2D eigenvalue weighted by molar-refractivity contribution is 7.12. The smallest absolute Gasteiger partial charge is 0.290 e. The lowest BCUT2D eigenvalue weighted by molar-refractivity contribution is -0.129. The maximum atomic E-state index is 13.3. The van der Waals surface area contributed by atoms with E-state index in [4.69, 9.17) is 4.74 Å². The van der Waals surface area contributed by atoms with Gasteiger partial charge in [0.25, 0.3) is 5.91 Å². The highest BCUT2D eigenvalue weighted by Gasteiger charge is 2.43. The SMILES string of the molecule is CCCCCOc1ccc(C2C(C(=O)c3cccs3)=C(O)C(=O)N2CCN(CC)CC)cc1. The first-order chi connectivity index (χ1) is 16.0. The Kier molecular flexibility index (Phi) is 9.09. The van der Waals surface area contributed by atoms with E-state index in [1.807, 2.05) is 29.6 Å². The van der Waals surface area contributed by atoms with Gasteiger partial charge in [-0.05, 0) is 48.7 Å². The van der Waals surface area contributed by atoms with E-state index in [-0.39, 0.29) is 11.4 Å². The van der Waals surface area contributed by atoms with Crippen molar-refractivity contribution < 1.29 is 19.4 Å². The monoisotopic (exact) mass is 470 g/mol. The number of nitrogens with zero attached hydrogens (tertiary/aromatic N) is 2. The van der Waals surface area contributed by atoms with Gasteiger partial charge in [-0.3, -0.25) is 9.59 Å². The minimum atomic E-state index is -0.628. The molecule has 1 atom stereocenters. The minimum Gasteiger partial charge on any atom is -0.503 e. The molecular weight excluding hydrogens is 436 g/mol. The molecule has 2 heterocycles. The maximum Gasteiger partial charge on any atom is 0.290 e. The van der Waals surface area contributed by atoms with Crippen molar-refractivity contribution in [2.75, 3.05) is 32.8 Å². The summed E-state index contributed by atoms with van der Waals surface area (Å²) in [6.45, 7) is 9.80. The Morgan fingerprint density at radius 3 is 2.45 bits per heavy atom. The number of carbonyl (C=O) groups is 2. The van der Waals surface area contributed by atoms with Crippen LogP contribution in [0.5, 0.6) is 5.75 Å². The molecule has 1 unspecified atom stereocenters. The summed E-state index contributed by atoms with van der Waals surface area (Å²) in [6.07, 6.45) is 3.27. The van der Waals surface area contributed by atoms with E-state index < -0.39 is 17.7 Å². The van der Waals surface area contributed by atoms with Crippen LogP contribution < -0.4 is 4.74 Å². The second kappa shape index (κ2) is 12.0. The second-order valence-electron chi connectivity index (χ2n) is 8.12. The molecule has 1 aliphatic rings. The van der Waals surface area contributed by atoms with Crippen LogP contribution >= 0.6 is 11.3 Å². The average Bonchev–Trinajstić information content (AvgIpc) is 3.46. The number of rotatable bonds is 13. The Bertz CT molecular complexity index is 949. The van der Waals surface area contributed by atoms with Crippen molar-refractivity contribution in [3.8, 4) is 5.75 Å². The Morgan fingerprint density at radius 2 is 1.85 bits per heavy atom. The van der Waals surface area contributed by atoms with Crippen molar-refractivity contribution in [3.05, 3.63) is 63.6 Å². The molecule has 1 aromatic carbocycles. The third-order valence-electron chi connectivity index (χ3n) is 6.06. The number of aliphatic hydroxyl groups excluding tert-OH is 1. The summed E-state index contributed by atoms with van der Waals surface area (Å²) in [5.74, 6) is -0.482. The summed E-state index contributed by atoms with van der Waals surface area (Å²) >= 11 is 1.31. The fraction of sp³-hybridized carbons (Fsp3) is 0.462. The van der Waals surface area contributed by atoms with Crippen LogP contribution in [0.25, 0.3) is 0 Å². The second-order valence-corrected chi connectivity index (χ2v) is 9.07. The van der Waals surface area contributed by atoms with Gasteiger partial charge in [-0.1, -0.05) is 51.8 Å². The van der Waals surface area contributed by atoms with Gasteiger partial charge in [-0.25, -0.2) is 0 Å². The quantitative estimate of drug-likeness (QED) is 0.320. The van der Waals surface area contributed by atoms with Gasteiger partial charge in [-0.2, -0.15) is 0 Å². The molecule has 3 rings (SSSR count). The van der Waals surface area contributed by atoms with Gasteiger partial charge in [0.1, 0.15) is 5.75 Å². The van der Waals surface area contributed by atoms with E-state index in [9.17, 15) is 14.7 Å². The molecule has 2 aromatic rings. The number of hydrogen-bond acceptors (Lipinski definition) is 6. The van der Waals surface area contributed by atoms with Crippen LogP contribution in [0, 0.1) is 0 Å². The number of carbonyl (C=O) groups excluding carboxylic acids is 2. The first kappa shape index (κ1) is 25.0. The highest BCUT2D eigenvalue weighted by Crippen LogP contribution is 2.39. The van der Waals surface area contributed by atoms with Crippen molar-refractivity contribution in [1.29, 1.82) is 0 Å². The summed E-state index contributed by atoms with van der Waals surface area (Å²) in [5.41, 5.74) is 0.936. The number of ketones is 1. The first-order valence-electron chi connectivity index (χ1n) is 11.8. The number of likely N-dealkylation sites (N-methyl/N-ethyl adjacent to an activating group) is 1. The van der Waals surface area contributed by atoms with E-state index in [2.05, 4.69) is 25.7 Å². The van der Waals surface area contributed by atoms with Crippen LogP contribution in [0.15, 0.2) is 53.1 Å². The molecule has 0 saturated heterocycles. The Labute approximate surface area is 200 Å². The van der Waals surface area contributed by atoms with Gasteiger partial charge in [0, 0.05) is 13.1 Å². The number of hydrogen-bond donors (Lipinski definition) is 1. The number of ether oxygens (including phenoxy) is 1. The number of aliphatic hydroxyl groups is 1. The fourth-order valence-corrected chi connectivity index (χ4v) is 4.76. The van der Waals surface area contributed by atoms with Crippen LogP contribution in [0.3, 0.4) is 0 Å². The molecule has 1 N–H and O–H groups in total. The maximum absolute atomic E-state index is 13.3. The van der Waals surface area contributed by atoms with Gasteiger partial charge in [-0.15, -0.1) is 11.3 Å². The number of thiophene rings is 1. The Morgan fingerprint density at radius 1 is 1.12 bits per heavy atom. The number of benzene rings is 1. The molecule has 1 aromatic heterocycles. The van der Waals surface area contributed by atoms with Crippen LogP contribution in [-0.4, -0.2) is 59.4 Å². The van der Waals surface area contributed by atoms with Gasteiger partial charge in [0.05, 0.1) is 23.1 Å². The fourth-order valence-electron chi connectivity index (χ4n) is 4.08. The topological polar surface area (TPSA) is 70.1 Å². The van der Waals surface area contributed by atoms with Crippen LogP contribution in [0.2, 0.25) is 0 Å². The molecule has 178 valence electrons. The lowest BCUT2D eigenvalue weighted by Gasteiger charge is -2.29. The molecule has 0 spiro atoms. The van der Waals surface area contributed by atoms with E-state index in [0.717, 1.165) is 43.7 Å². The Balaban J connectivity index is 1.88. The van der Waals surface area contributed by atoms with Gasteiger partial charge >= 0.3 is 0 Å². The molecule has 0 saturated carbocycles. The largest absolute Gasteiger partial charge is 0.503 e. The third-order valence-corrected chi connectivity index (χ3v) is 6.93. The van der Waals surface area contributed by atoms with E-state index >= 15 is 0 Å². The molecular formula is C26H34N2O4S. The number of unbranched alkanes of at least 4 members (excludes halogenated alkanes) is 2. The minimum absolute atomic E-state index is 0.151. The number of Topliss-reactive ketones (excluding diaryl/α,β-unsaturated/α-hetero) is 1. The molecule has 1 amide bonds. The van der Waals surface area contributed by atoms with Gasteiger partial charge in [0.2, 0.25) is 5.78 Å². The van der Waals surface area contributed by atoms with E-state index in [1.54, 1.807) is 17.0 Å². The molecule has 0 fully saturated rings. The molecule has 6 nitrogen and oxygen atoms in total. The summed E-state index contributed by atoms with van der Waals surface area (Å²) in [5, 5.41) is 12.6. The zero-order valence-electron chi connectivity index (χ0n) is 19.8. The summed E-state index contributed by atoms with van der Waals surface area (Å²) in [7, 11) is 0. The average molecular weight is 471 g/mol. The van der Waals surface area contributed by atoms with Crippen molar-refractivity contribution in [2.24, 2.45) is 0 Å². The van der Waals surface area contributed by atoms with Crippen molar-refractivity contribution in [3.63, 3.8) is 0 Å². The van der Waals surface area contributed by atoms with Crippen LogP contribution in [0.1, 0.15) is 61.3 Å². The lowest BCUT2D eigenvalue weighted by Crippen LogP contribution is -2.38. The summed E-state index contributed by atoms with van der Waals surface area (Å²) < 4.78 is 5.82. The molecule has 0 bridgehead atoms. The molecule has 1 aliphatic heterocycles. The third kappa shape index (κ3) is 5.84. The zero-order valence-corrected chi connectivity index (χ0v) is 20.6. The number of amides is 1. The van der Waals surface area contributed by atoms with Gasteiger partial charge < -0.3 is 19.6 Å². The predicted molar refractivity (Wildman–Crippen MR) is 132 cm³/mol. The molecule has 7 heteroatoms. The Hall–Kier alpha value is -2.64. The normalized spacial score (nSPS) is 16.2. The summed E-state index contributed by atoms with van der Waals surface area (Å²) in [4.78, 5) is 30.7. The standard InChI is InChI=1S/C26H34N2O4S/c1-4-7-8-17-32-20-13-11-19(12-14-20)23-22(24(29)21-10-9-18-33-21)25(30)26(31)28(23)16-15-27(5-2)6-3/h9-14,18,23,30H,4-8,15-17H2,1-3H3. The first-order valence-corrected chi connectivity index (χ1v) is 12.7. The molecule has 0 aliphatic carbocycles. The summed E-state index contributed by atoms with van der Waals surface area (Å²) in [6, 6.07) is 10.4. The molecule has 0 radical (unpaired) electrons. The van der Waals surface area contributed by atoms with Crippen molar-refractivity contribution in [1.82, 2.24) is 9.80 Å². The van der Waals surface area contributed by atoms with Crippen LogP contribution in [-0.2, 0) is 4.79 Å². The van der Waals surface area contributed by atoms with E-state index in [0.29, 0.717) is 24.6 Å². The predicted octanol–water partition coefficient (Wildman–Crippen LogP) is 5.24.